The lowest BCUT2D eigenvalue weighted by atomic mass is 10.0. The minimum absolute atomic E-state index is 0. The molecular formula is C13H16ClF3N2O3S. The molecule has 1 aromatic rings. The predicted octanol–water partition coefficient (Wildman–Crippen LogP) is 1.85. The van der Waals surface area contributed by atoms with Crippen LogP contribution in [0.25, 0.3) is 0 Å². The van der Waals surface area contributed by atoms with Crippen LogP contribution in [0.15, 0.2) is 29.2 Å². The van der Waals surface area contributed by atoms with Gasteiger partial charge in [-0.2, -0.15) is 4.31 Å². The van der Waals surface area contributed by atoms with Crippen LogP contribution in [0.1, 0.15) is 0 Å². The van der Waals surface area contributed by atoms with Crippen molar-refractivity contribution < 1.29 is 26.3 Å². The number of sulfonamides is 1. The van der Waals surface area contributed by atoms with Crippen LogP contribution in [0.3, 0.4) is 0 Å². The van der Waals surface area contributed by atoms with Crippen molar-refractivity contribution in [1.82, 2.24) is 9.62 Å². The Hall–Kier alpha value is -1.03. The van der Waals surface area contributed by atoms with Gasteiger partial charge in [0.15, 0.2) is 0 Å². The fraction of sp³-hybridized carbons (Fsp3) is 0.538. The van der Waals surface area contributed by atoms with Crippen LogP contribution in [0.2, 0.25) is 0 Å². The van der Waals surface area contributed by atoms with Gasteiger partial charge in [-0.3, -0.25) is 0 Å². The SMILES string of the molecule is Cl.O=S(=O)(c1ccccc1OC(F)(F)F)N1C[C@H]2CNC[C@H]2C1. The molecule has 3 rings (SSSR count). The Morgan fingerprint density at radius 1 is 1.13 bits per heavy atom. The van der Waals surface area contributed by atoms with Gasteiger partial charge in [-0.05, 0) is 37.1 Å². The van der Waals surface area contributed by atoms with Crippen molar-refractivity contribution >= 4 is 22.4 Å². The van der Waals surface area contributed by atoms with Crippen molar-refractivity contribution in [3.63, 3.8) is 0 Å². The quantitative estimate of drug-likeness (QED) is 0.879. The van der Waals surface area contributed by atoms with Crippen LogP contribution in [0.5, 0.6) is 5.75 Å². The Labute approximate surface area is 138 Å². The molecule has 0 aliphatic carbocycles. The number of rotatable bonds is 3. The highest BCUT2D eigenvalue weighted by Crippen LogP contribution is 2.35. The van der Waals surface area contributed by atoms with Crippen LogP contribution in [-0.4, -0.2) is 45.3 Å². The third-order valence-electron chi connectivity index (χ3n) is 4.05. The number of halogens is 4. The molecule has 2 atom stereocenters. The van der Waals surface area contributed by atoms with E-state index < -0.39 is 27.0 Å². The van der Waals surface area contributed by atoms with E-state index in [9.17, 15) is 21.6 Å². The molecule has 23 heavy (non-hydrogen) atoms. The van der Waals surface area contributed by atoms with Crippen molar-refractivity contribution in [3.8, 4) is 5.75 Å². The number of nitrogens with one attached hydrogen (secondary N) is 1. The number of benzene rings is 1. The Bertz CT molecular complexity index is 657. The number of para-hydroxylation sites is 1. The van der Waals surface area contributed by atoms with Gasteiger partial charge in [-0.25, -0.2) is 8.42 Å². The molecule has 0 radical (unpaired) electrons. The Balaban J connectivity index is 0.00000192. The largest absolute Gasteiger partial charge is 0.573 e. The average molecular weight is 373 g/mol. The molecule has 0 aromatic heterocycles. The molecule has 0 amide bonds. The summed E-state index contributed by atoms with van der Waals surface area (Å²) in [6.07, 6.45) is -4.93. The van der Waals surface area contributed by atoms with Crippen LogP contribution >= 0.6 is 12.4 Å². The number of ether oxygens (including phenoxy) is 1. The highest BCUT2D eigenvalue weighted by atomic mass is 35.5. The first-order valence-electron chi connectivity index (χ1n) is 6.83. The fourth-order valence-corrected chi connectivity index (χ4v) is 4.69. The molecular weight excluding hydrogens is 357 g/mol. The zero-order valence-corrected chi connectivity index (χ0v) is 13.5. The summed E-state index contributed by atoms with van der Waals surface area (Å²) in [4.78, 5) is -0.444. The zero-order valence-electron chi connectivity index (χ0n) is 11.9. The van der Waals surface area contributed by atoms with Crippen LogP contribution in [-0.2, 0) is 10.0 Å². The second kappa shape index (κ2) is 6.46. The summed E-state index contributed by atoms with van der Waals surface area (Å²) in [5.41, 5.74) is 0. The van der Waals surface area contributed by atoms with E-state index in [0.717, 1.165) is 25.2 Å². The molecule has 2 saturated heterocycles. The summed E-state index contributed by atoms with van der Waals surface area (Å²) in [7, 11) is -4.00. The monoisotopic (exact) mass is 372 g/mol. The predicted molar refractivity (Wildman–Crippen MR) is 79.0 cm³/mol. The molecule has 2 fully saturated rings. The zero-order chi connectivity index (χ0) is 16.0. The van der Waals surface area contributed by atoms with Crippen molar-refractivity contribution in [1.29, 1.82) is 0 Å². The Morgan fingerprint density at radius 2 is 1.70 bits per heavy atom. The van der Waals surface area contributed by atoms with Crippen LogP contribution in [0, 0.1) is 11.8 Å². The normalized spacial score (nSPS) is 25.0. The van der Waals surface area contributed by atoms with Gasteiger partial charge in [0.2, 0.25) is 10.0 Å². The Morgan fingerprint density at radius 3 is 2.26 bits per heavy atom. The van der Waals surface area contributed by atoms with Gasteiger partial charge in [0.05, 0.1) is 0 Å². The van der Waals surface area contributed by atoms with E-state index in [1.165, 1.54) is 16.4 Å². The molecule has 0 unspecified atom stereocenters. The first-order valence-corrected chi connectivity index (χ1v) is 8.27. The first kappa shape index (κ1) is 18.3. The summed E-state index contributed by atoms with van der Waals surface area (Å²) in [5, 5.41) is 3.18. The van der Waals surface area contributed by atoms with Gasteiger partial charge < -0.3 is 10.1 Å². The number of hydrogen-bond donors (Lipinski definition) is 1. The van der Waals surface area contributed by atoms with Crippen molar-refractivity contribution in [2.24, 2.45) is 11.8 Å². The number of alkyl halides is 3. The molecule has 130 valence electrons. The summed E-state index contributed by atoms with van der Waals surface area (Å²) in [5.74, 6) is -0.263. The maximum Gasteiger partial charge on any atom is 0.573 e. The molecule has 0 saturated carbocycles. The van der Waals surface area contributed by atoms with Gasteiger partial charge in [-0.15, -0.1) is 25.6 Å². The number of hydrogen-bond acceptors (Lipinski definition) is 4. The number of nitrogens with zero attached hydrogens (tertiary/aromatic N) is 1. The van der Waals surface area contributed by atoms with E-state index in [4.69, 9.17) is 0 Å². The van der Waals surface area contributed by atoms with Gasteiger partial charge in [-0.1, -0.05) is 12.1 Å². The van der Waals surface area contributed by atoms with Gasteiger partial charge in [0, 0.05) is 13.1 Å². The standard InChI is InChI=1S/C13H15F3N2O3S.ClH/c14-13(15,16)21-11-3-1-2-4-12(11)22(19,20)18-7-9-5-17-6-10(9)8-18;/h1-4,9-10,17H,5-8H2;1H/t9-,10+;. The van der Waals surface area contributed by atoms with Gasteiger partial charge >= 0.3 is 6.36 Å². The fourth-order valence-electron chi connectivity index (χ4n) is 3.02. The van der Waals surface area contributed by atoms with E-state index >= 15 is 0 Å². The lowest BCUT2D eigenvalue weighted by Crippen LogP contribution is -2.32. The van der Waals surface area contributed by atoms with Crippen LogP contribution in [0.4, 0.5) is 13.2 Å². The van der Waals surface area contributed by atoms with Crippen molar-refractivity contribution in [3.05, 3.63) is 24.3 Å². The maximum absolute atomic E-state index is 12.6. The van der Waals surface area contributed by atoms with Crippen molar-refractivity contribution in [2.75, 3.05) is 26.2 Å². The average Bonchev–Trinajstić information content (AvgIpc) is 2.97. The third-order valence-corrected chi connectivity index (χ3v) is 5.92. The first-order chi connectivity index (χ1) is 10.3. The molecule has 0 spiro atoms. The van der Waals surface area contributed by atoms with E-state index in [1.54, 1.807) is 0 Å². The lowest BCUT2D eigenvalue weighted by Gasteiger charge is -2.20. The summed E-state index contributed by atoms with van der Waals surface area (Å²) in [6, 6.07) is 4.85. The van der Waals surface area contributed by atoms with E-state index in [2.05, 4.69) is 10.1 Å². The Kier molecular flexibility index (Phi) is 5.15. The van der Waals surface area contributed by atoms with Gasteiger partial charge in [0.1, 0.15) is 10.6 Å². The minimum Gasteiger partial charge on any atom is -0.404 e. The van der Waals surface area contributed by atoms with Crippen molar-refractivity contribution in [2.45, 2.75) is 11.3 Å². The smallest absolute Gasteiger partial charge is 0.404 e. The lowest BCUT2D eigenvalue weighted by molar-refractivity contribution is -0.275. The third kappa shape index (κ3) is 3.73. The molecule has 10 heteroatoms. The topological polar surface area (TPSA) is 58.6 Å². The molecule has 2 heterocycles. The molecule has 1 N–H and O–H groups in total. The number of fused-ring (bicyclic) bond motifs is 1. The van der Waals surface area contributed by atoms with E-state index in [1.807, 2.05) is 0 Å². The summed E-state index contributed by atoms with van der Waals surface area (Å²) >= 11 is 0. The minimum atomic E-state index is -4.93. The van der Waals surface area contributed by atoms with Gasteiger partial charge in [0.25, 0.3) is 0 Å². The molecule has 5 nitrogen and oxygen atoms in total. The highest BCUT2D eigenvalue weighted by Gasteiger charge is 2.43. The van der Waals surface area contributed by atoms with E-state index in [-0.39, 0.29) is 24.2 Å². The molecule has 0 bridgehead atoms. The summed E-state index contributed by atoms with van der Waals surface area (Å²) < 4.78 is 67.7. The summed E-state index contributed by atoms with van der Waals surface area (Å²) in [6.45, 7) is 2.11. The second-order valence-corrected chi connectivity index (χ2v) is 7.40. The van der Waals surface area contributed by atoms with Crippen LogP contribution < -0.4 is 10.1 Å². The maximum atomic E-state index is 12.6. The molecule has 1 aromatic carbocycles. The highest BCUT2D eigenvalue weighted by molar-refractivity contribution is 7.89. The second-order valence-electron chi connectivity index (χ2n) is 5.49. The molecule has 2 aliphatic rings. The molecule has 2 aliphatic heterocycles. The van der Waals surface area contributed by atoms with E-state index in [0.29, 0.717) is 13.1 Å².